The van der Waals surface area contributed by atoms with Crippen molar-refractivity contribution in [1.29, 1.82) is 0 Å². The number of carbonyl (C=O) groups excluding carboxylic acids is 2. The summed E-state index contributed by atoms with van der Waals surface area (Å²) in [5, 5.41) is 0. The molecule has 0 N–H and O–H groups in total. The molecule has 1 fully saturated rings. The maximum atomic E-state index is 11.8. The zero-order chi connectivity index (χ0) is 14.5. The van der Waals surface area contributed by atoms with Crippen LogP contribution < -0.4 is 0 Å². The van der Waals surface area contributed by atoms with Crippen LogP contribution in [0.2, 0.25) is 0 Å². The molecule has 0 aromatic heterocycles. The predicted molar refractivity (Wildman–Crippen MR) is 61.5 cm³/mol. The second-order valence-corrected chi connectivity index (χ2v) is 4.69. The Kier molecular flexibility index (Phi) is 5.78. The number of alkyl halides is 3. The summed E-state index contributed by atoms with van der Waals surface area (Å²) in [5.74, 6) is -0.0490. The molecule has 1 amide bonds. The minimum Gasteiger partial charge on any atom is -0.372 e. The lowest BCUT2D eigenvalue weighted by Crippen LogP contribution is -2.40. The van der Waals surface area contributed by atoms with Crippen molar-refractivity contribution in [2.24, 2.45) is 0 Å². The van der Waals surface area contributed by atoms with Crippen LogP contribution in [0, 0.1) is 0 Å². The molecular weight excluding hydrogens is 263 g/mol. The van der Waals surface area contributed by atoms with Gasteiger partial charge in [-0.2, -0.15) is 13.2 Å². The molecule has 7 heteroatoms. The third-order valence-electron chi connectivity index (χ3n) is 3.18. The van der Waals surface area contributed by atoms with Gasteiger partial charge < -0.3 is 9.64 Å². The molecule has 0 spiro atoms. The molecule has 1 aliphatic carbocycles. The van der Waals surface area contributed by atoms with E-state index in [0.717, 1.165) is 0 Å². The topological polar surface area (TPSA) is 46.6 Å². The molecule has 0 unspecified atom stereocenters. The second kappa shape index (κ2) is 6.88. The highest BCUT2D eigenvalue weighted by atomic mass is 19.4. The lowest BCUT2D eigenvalue weighted by molar-refractivity contribution is -0.175. The van der Waals surface area contributed by atoms with Crippen molar-refractivity contribution >= 4 is 11.7 Å². The molecule has 0 radical (unpaired) electrons. The normalized spacial score (nSPS) is 17.6. The third-order valence-corrected chi connectivity index (χ3v) is 3.18. The molecule has 0 saturated heterocycles. The molecule has 0 atom stereocenters. The summed E-state index contributed by atoms with van der Waals surface area (Å²) >= 11 is 0. The lowest BCUT2D eigenvalue weighted by Gasteiger charge is -2.30. The van der Waals surface area contributed by atoms with Crippen LogP contribution in [-0.4, -0.2) is 49.1 Å². The van der Waals surface area contributed by atoms with Crippen LogP contribution in [0.3, 0.4) is 0 Å². The molecule has 0 heterocycles. The Balaban J connectivity index is 2.23. The van der Waals surface area contributed by atoms with Crippen molar-refractivity contribution in [1.82, 2.24) is 4.90 Å². The second-order valence-electron chi connectivity index (χ2n) is 4.69. The highest BCUT2D eigenvalue weighted by Gasteiger charge is 2.28. The molecule has 0 aromatic carbocycles. The first-order valence-electron chi connectivity index (χ1n) is 6.21. The monoisotopic (exact) mass is 281 g/mol. The summed E-state index contributed by atoms with van der Waals surface area (Å²) in [6, 6.07) is 0.00724. The summed E-state index contributed by atoms with van der Waals surface area (Å²) in [6.45, 7) is -1.57. The SMILES string of the molecule is CN(C(=O)CCOCC(F)(F)F)C1CCC(=O)CC1. The Morgan fingerprint density at radius 3 is 2.47 bits per heavy atom. The molecule has 0 aromatic rings. The average Bonchev–Trinajstić information content (AvgIpc) is 2.33. The predicted octanol–water partition coefficient (Wildman–Crippen LogP) is 1.93. The lowest BCUT2D eigenvalue weighted by atomic mass is 9.93. The smallest absolute Gasteiger partial charge is 0.372 e. The van der Waals surface area contributed by atoms with Gasteiger partial charge in [-0.05, 0) is 12.8 Å². The highest BCUT2D eigenvalue weighted by Crippen LogP contribution is 2.20. The van der Waals surface area contributed by atoms with Gasteiger partial charge in [0.2, 0.25) is 5.91 Å². The first-order chi connectivity index (χ1) is 8.79. The number of nitrogens with zero attached hydrogens (tertiary/aromatic N) is 1. The van der Waals surface area contributed by atoms with Crippen LogP contribution in [0.15, 0.2) is 0 Å². The van der Waals surface area contributed by atoms with Crippen LogP contribution in [0.1, 0.15) is 32.1 Å². The van der Waals surface area contributed by atoms with Gasteiger partial charge in [0, 0.05) is 25.9 Å². The van der Waals surface area contributed by atoms with E-state index in [1.54, 1.807) is 7.05 Å². The number of ether oxygens (including phenoxy) is 1. The van der Waals surface area contributed by atoms with Gasteiger partial charge in [-0.3, -0.25) is 9.59 Å². The van der Waals surface area contributed by atoms with Gasteiger partial charge in [0.05, 0.1) is 13.0 Å². The van der Waals surface area contributed by atoms with E-state index in [1.807, 2.05) is 0 Å². The van der Waals surface area contributed by atoms with Gasteiger partial charge in [-0.1, -0.05) is 0 Å². The zero-order valence-corrected chi connectivity index (χ0v) is 10.8. The summed E-state index contributed by atoms with van der Waals surface area (Å²) in [5.41, 5.74) is 0. The minimum absolute atomic E-state index is 0.00724. The standard InChI is InChI=1S/C12H18F3NO3/c1-16(9-2-4-10(17)5-3-9)11(18)6-7-19-8-12(13,14)15/h9H,2-8H2,1H3. The molecule has 0 bridgehead atoms. The number of hydrogen-bond donors (Lipinski definition) is 0. The van der Waals surface area contributed by atoms with Crippen LogP contribution >= 0.6 is 0 Å². The average molecular weight is 281 g/mol. The fraction of sp³-hybridized carbons (Fsp3) is 0.833. The number of Topliss-reactive ketones (excluding diaryl/α,β-unsaturated/α-hetero) is 1. The van der Waals surface area contributed by atoms with E-state index in [1.165, 1.54) is 4.90 Å². The number of hydrogen-bond acceptors (Lipinski definition) is 3. The molecule has 1 rings (SSSR count). The van der Waals surface area contributed by atoms with Crippen LogP contribution in [0.5, 0.6) is 0 Å². The number of halogens is 3. The zero-order valence-electron chi connectivity index (χ0n) is 10.8. The van der Waals surface area contributed by atoms with Crippen molar-refractivity contribution in [3.8, 4) is 0 Å². The van der Waals surface area contributed by atoms with E-state index in [4.69, 9.17) is 0 Å². The first-order valence-corrected chi connectivity index (χ1v) is 6.21. The fourth-order valence-corrected chi connectivity index (χ4v) is 2.04. The van der Waals surface area contributed by atoms with Crippen molar-refractivity contribution in [3.05, 3.63) is 0 Å². The third kappa shape index (κ3) is 6.04. The molecule has 1 saturated carbocycles. The summed E-state index contributed by atoms with van der Waals surface area (Å²) < 4.78 is 39.8. The van der Waals surface area contributed by atoms with Gasteiger partial charge in [0.15, 0.2) is 0 Å². The molecule has 19 heavy (non-hydrogen) atoms. The summed E-state index contributed by atoms with van der Waals surface area (Å²) in [7, 11) is 1.62. The van der Waals surface area contributed by atoms with Crippen LogP contribution in [0.25, 0.3) is 0 Å². The van der Waals surface area contributed by atoms with Crippen LogP contribution in [-0.2, 0) is 14.3 Å². The Morgan fingerprint density at radius 1 is 1.37 bits per heavy atom. The number of rotatable bonds is 5. The Hall–Kier alpha value is -1.11. The van der Waals surface area contributed by atoms with Crippen molar-refractivity contribution in [2.45, 2.75) is 44.3 Å². The van der Waals surface area contributed by atoms with Crippen molar-refractivity contribution in [2.75, 3.05) is 20.3 Å². The van der Waals surface area contributed by atoms with E-state index >= 15 is 0 Å². The Labute approximate surface area is 109 Å². The van der Waals surface area contributed by atoms with Gasteiger partial charge in [0.1, 0.15) is 12.4 Å². The maximum Gasteiger partial charge on any atom is 0.411 e. The van der Waals surface area contributed by atoms with Gasteiger partial charge in [-0.25, -0.2) is 0 Å². The molecule has 1 aliphatic rings. The van der Waals surface area contributed by atoms with Crippen molar-refractivity contribution < 1.29 is 27.5 Å². The fourth-order valence-electron chi connectivity index (χ4n) is 2.04. The quantitative estimate of drug-likeness (QED) is 0.723. The minimum atomic E-state index is -4.36. The van der Waals surface area contributed by atoms with Crippen molar-refractivity contribution in [3.63, 3.8) is 0 Å². The number of carbonyl (C=O) groups is 2. The molecule has 110 valence electrons. The van der Waals surface area contributed by atoms with Gasteiger partial charge in [0.25, 0.3) is 0 Å². The molecule has 0 aliphatic heterocycles. The Morgan fingerprint density at radius 2 is 1.95 bits per heavy atom. The maximum absolute atomic E-state index is 11.8. The van der Waals surface area contributed by atoms with E-state index in [2.05, 4.69) is 4.74 Å². The van der Waals surface area contributed by atoms with E-state index in [9.17, 15) is 22.8 Å². The molecule has 4 nitrogen and oxygen atoms in total. The summed E-state index contributed by atoms with van der Waals surface area (Å²) in [6.07, 6.45) is -2.25. The van der Waals surface area contributed by atoms with E-state index in [0.29, 0.717) is 25.7 Å². The first kappa shape index (κ1) is 15.9. The largest absolute Gasteiger partial charge is 0.411 e. The van der Waals surface area contributed by atoms with E-state index in [-0.39, 0.29) is 30.8 Å². The Bertz CT molecular complexity index is 321. The summed E-state index contributed by atoms with van der Waals surface area (Å²) in [4.78, 5) is 24.3. The van der Waals surface area contributed by atoms with Gasteiger partial charge in [-0.15, -0.1) is 0 Å². The van der Waals surface area contributed by atoms with E-state index < -0.39 is 12.8 Å². The number of amides is 1. The molecular formula is C12H18F3NO3. The highest BCUT2D eigenvalue weighted by molar-refractivity contribution is 5.80. The number of ketones is 1. The van der Waals surface area contributed by atoms with Crippen LogP contribution in [0.4, 0.5) is 13.2 Å². The van der Waals surface area contributed by atoms with Gasteiger partial charge >= 0.3 is 6.18 Å².